The van der Waals surface area contributed by atoms with Crippen LogP contribution in [0.15, 0.2) is 154 Å². The summed E-state index contributed by atoms with van der Waals surface area (Å²) < 4.78 is 0. The Labute approximate surface area is 301 Å². The molecule has 2 aromatic heterocycles. The van der Waals surface area contributed by atoms with E-state index in [0.717, 1.165) is 22.5 Å². The maximum atomic E-state index is 4.34. The molecule has 48 heavy (non-hydrogen) atoms. The van der Waals surface area contributed by atoms with Gasteiger partial charge in [-0.1, -0.05) is 48.5 Å². The number of benzene rings is 4. The van der Waals surface area contributed by atoms with Crippen molar-refractivity contribution >= 4 is 70.3 Å². The monoisotopic (exact) mass is 700 g/mol. The molecule has 0 radical (unpaired) electrons. The third kappa shape index (κ3) is 9.97. The number of thioether (sulfide) groups is 4. The maximum Gasteiger partial charge on any atom is 0.115 e. The summed E-state index contributed by atoms with van der Waals surface area (Å²) in [6.45, 7) is 0. The quantitative estimate of drug-likeness (QED) is 0.131. The van der Waals surface area contributed by atoms with Crippen LogP contribution in [0.5, 0.6) is 0 Å². The average Bonchev–Trinajstić information content (AvgIpc) is 3.17. The van der Waals surface area contributed by atoms with Gasteiger partial charge in [0.15, 0.2) is 0 Å². The Morgan fingerprint density at radius 3 is 0.875 bits per heavy atom. The molecule has 0 N–H and O–H groups in total. The third-order valence-corrected chi connectivity index (χ3v) is 10.4. The lowest BCUT2D eigenvalue weighted by Crippen LogP contribution is -1.90. The van der Waals surface area contributed by atoms with Gasteiger partial charge in [-0.2, -0.15) is 0 Å². The summed E-state index contributed by atoms with van der Waals surface area (Å²) in [5.74, 6) is 0. The zero-order valence-electron chi connectivity index (χ0n) is 27.3. The Balaban J connectivity index is 0.000000188. The molecule has 0 bridgehead atoms. The predicted molar refractivity (Wildman–Crippen MR) is 211 cm³/mol. The molecule has 0 saturated carbocycles. The summed E-state index contributed by atoms with van der Waals surface area (Å²) in [6.07, 6.45) is 19.3. The predicted octanol–water partition coefficient (Wildman–Crippen LogP) is 11.0. The minimum atomic E-state index is 0.905. The topological polar surface area (TPSA) is 51.6 Å². The standard InChI is InChI=1S/2C20H18N2S2/c2*1-23-18-7-3-15(4-8-18)20(13-17-11-12-21-14-22-17)16-5-9-19(24-2)10-6-16/h2*3-14H,1-2H3. The summed E-state index contributed by atoms with van der Waals surface area (Å²) >= 11 is 7.00. The van der Waals surface area contributed by atoms with Crippen molar-refractivity contribution in [3.8, 4) is 0 Å². The molecule has 0 unspecified atom stereocenters. The van der Waals surface area contributed by atoms with Gasteiger partial charge in [-0.25, -0.2) is 19.9 Å². The van der Waals surface area contributed by atoms with Gasteiger partial charge in [0.25, 0.3) is 0 Å². The number of aromatic nitrogens is 4. The van der Waals surface area contributed by atoms with Gasteiger partial charge >= 0.3 is 0 Å². The van der Waals surface area contributed by atoms with Crippen LogP contribution in [-0.2, 0) is 0 Å². The molecular weight excluding hydrogens is 665 g/mol. The first kappa shape index (κ1) is 35.2. The second-order valence-corrected chi connectivity index (χ2v) is 13.8. The fraction of sp³-hybridized carbons (Fsp3) is 0.100. The fourth-order valence-electron chi connectivity index (χ4n) is 4.82. The van der Waals surface area contributed by atoms with Crippen LogP contribution in [0.2, 0.25) is 0 Å². The van der Waals surface area contributed by atoms with Crippen LogP contribution in [0.3, 0.4) is 0 Å². The van der Waals surface area contributed by atoms with Crippen LogP contribution in [0.1, 0.15) is 33.6 Å². The van der Waals surface area contributed by atoms with Gasteiger partial charge in [-0.05, 0) is 131 Å². The molecule has 4 aromatic carbocycles. The molecule has 6 aromatic rings. The van der Waals surface area contributed by atoms with Gasteiger partial charge in [0.1, 0.15) is 12.7 Å². The Hall–Kier alpha value is -4.08. The van der Waals surface area contributed by atoms with Crippen molar-refractivity contribution in [2.45, 2.75) is 19.6 Å². The molecule has 0 aliphatic carbocycles. The molecule has 0 fully saturated rings. The summed E-state index contributed by atoms with van der Waals surface area (Å²) in [4.78, 5) is 21.7. The molecule has 0 amide bonds. The van der Waals surface area contributed by atoms with Crippen LogP contribution in [0.4, 0.5) is 0 Å². The van der Waals surface area contributed by atoms with Gasteiger partial charge in [0.2, 0.25) is 0 Å². The van der Waals surface area contributed by atoms with Crippen LogP contribution < -0.4 is 0 Å². The summed E-state index contributed by atoms with van der Waals surface area (Å²) in [5.41, 5.74) is 8.87. The van der Waals surface area contributed by atoms with Gasteiger partial charge < -0.3 is 0 Å². The SMILES string of the molecule is CSc1ccc(C(=Cc2ccncn2)c2ccc(SC)cc2)cc1.CSc1ccc(C(=Cc2ccncn2)c2ccc(SC)cc2)cc1. The van der Waals surface area contributed by atoms with Crippen molar-refractivity contribution in [2.24, 2.45) is 0 Å². The zero-order valence-corrected chi connectivity index (χ0v) is 30.5. The van der Waals surface area contributed by atoms with Crippen molar-refractivity contribution in [1.82, 2.24) is 19.9 Å². The lowest BCUT2D eigenvalue weighted by molar-refractivity contribution is 1.15. The van der Waals surface area contributed by atoms with E-state index >= 15 is 0 Å². The van der Waals surface area contributed by atoms with Crippen molar-refractivity contribution in [3.63, 3.8) is 0 Å². The Morgan fingerprint density at radius 2 is 0.667 bits per heavy atom. The van der Waals surface area contributed by atoms with E-state index < -0.39 is 0 Å². The molecule has 6 rings (SSSR count). The van der Waals surface area contributed by atoms with Crippen molar-refractivity contribution in [1.29, 1.82) is 0 Å². The number of nitrogens with zero attached hydrogens (tertiary/aromatic N) is 4. The minimum Gasteiger partial charge on any atom is -0.245 e. The highest BCUT2D eigenvalue weighted by atomic mass is 32.2. The molecule has 8 heteroatoms. The molecule has 0 atom stereocenters. The lowest BCUT2D eigenvalue weighted by atomic mass is 9.97. The zero-order chi connectivity index (χ0) is 33.6. The maximum absolute atomic E-state index is 4.34. The first-order valence-electron chi connectivity index (χ1n) is 15.1. The number of rotatable bonds is 10. The van der Waals surface area contributed by atoms with Crippen molar-refractivity contribution in [3.05, 3.63) is 168 Å². The Kier molecular flexibility index (Phi) is 13.5. The van der Waals surface area contributed by atoms with E-state index in [-0.39, 0.29) is 0 Å². The molecular formula is C40H36N4S4. The van der Waals surface area contributed by atoms with E-state index in [4.69, 9.17) is 0 Å². The van der Waals surface area contributed by atoms with Gasteiger partial charge in [-0.15, -0.1) is 47.0 Å². The van der Waals surface area contributed by atoms with E-state index in [1.54, 1.807) is 72.1 Å². The molecule has 0 aliphatic rings. The van der Waals surface area contributed by atoms with E-state index in [1.807, 2.05) is 12.1 Å². The first-order chi connectivity index (χ1) is 23.6. The van der Waals surface area contributed by atoms with E-state index in [1.165, 1.54) is 41.8 Å². The second-order valence-electron chi connectivity index (χ2n) is 10.3. The Morgan fingerprint density at radius 1 is 0.396 bits per heavy atom. The van der Waals surface area contributed by atoms with Crippen molar-refractivity contribution in [2.75, 3.05) is 25.0 Å². The highest BCUT2D eigenvalue weighted by Gasteiger charge is 2.08. The van der Waals surface area contributed by atoms with Crippen LogP contribution in [0.25, 0.3) is 23.3 Å². The second kappa shape index (κ2) is 18.5. The first-order valence-corrected chi connectivity index (χ1v) is 20.0. The largest absolute Gasteiger partial charge is 0.245 e. The number of hydrogen-bond acceptors (Lipinski definition) is 8. The minimum absolute atomic E-state index is 0.905. The summed E-state index contributed by atoms with van der Waals surface area (Å²) in [5, 5.41) is 0. The van der Waals surface area contributed by atoms with Gasteiger partial charge in [0, 0.05) is 32.0 Å². The van der Waals surface area contributed by atoms with Crippen LogP contribution in [0, 0.1) is 0 Å². The molecule has 2 heterocycles. The van der Waals surface area contributed by atoms with Gasteiger partial charge in [-0.3, -0.25) is 0 Å². The normalized spacial score (nSPS) is 10.4. The Bertz CT molecular complexity index is 1670. The van der Waals surface area contributed by atoms with Crippen LogP contribution >= 0.6 is 47.0 Å². The smallest absolute Gasteiger partial charge is 0.115 e. The summed E-state index contributed by atoms with van der Waals surface area (Å²) in [7, 11) is 0. The highest BCUT2D eigenvalue weighted by Crippen LogP contribution is 2.30. The van der Waals surface area contributed by atoms with E-state index in [2.05, 4.69) is 154 Å². The van der Waals surface area contributed by atoms with Gasteiger partial charge in [0.05, 0.1) is 11.4 Å². The van der Waals surface area contributed by atoms with Crippen molar-refractivity contribution < 1.29 is 0 Å². The van der Waals surface area contributed by atoms with E-state index in [9.17, 15) is 0 Å². The number of hydrogen-bond donors (Lipinski definition) is 0. The molecule has 240 valence electrons. The molecule has 0 aliphatic heterocycles. The average molecular weight is 701 g/mol. The highest BCUT2D eigenvalue weighted by molar-refractivity contribution is 7.99. The van der Waals surface area contributed by atoms with E-state index in [0.29, 0.717) is 0 Å². The molecule has 0 spiro atoms. The molecule has 4 nitrogen and oxygen atoms in total. The lowest BCUT2D eigenvalue weighted by Gasteiger charge is -2.10. The third-order valence-electron chi connectivity index (χ3n) is 7.40. The molecule has 0 saturated heterocycles. The summed E-state index contributed by atoms with van der Waals surface area (Å²) in [6, 6.07) is 38.4. The van der Waals surface area contributed by atoms with Crippen LogP contribution in [-0.4, -0.2) is 45.0 Å². The fourth-order valence-corrected chi connectivity index (χ4v) is 6.45.